The van der Waals surface area contributed by atoms with E-state index in [-0.39, 0.29) is 47.6 Å². The number of aryl methyl sites for hydroxylation is 1. The highest BCUT2D eigenvalue weighted by Gasteiger charge is 2.32. The van der Waals surface area contributed by atoms with Gasteiger partial charge in [0.15, 0.2) is 5.82 Å². The molecule has 2 aliphatic heterocycles. The second-order valence-electron chi connectivity index (χ2n) is 13.0. The number of aromatic nitrogens is 5. The number of amides is 2. The maximum atomic E-state index is 14.2. The van der Waals surface area contributed by atoms with Crippen molar-refractivity contribution in [2.75, 3.05) is 43.0 Å². The monoisotopic (exact) mass is 716 g/mol. The number of hydrogen-bond acceptors (Lipinski definition) is 9. The highest BCUT2D eigenvalue weighted by Crippen LogP contribution is 2.34. The van der Waals surface area contributed by atoms with Gasteiger partial charge in [-0.1, -0.05) is 18.5 Å². The van der Waals surface area contributed by atoms with Gasteiger partial charge >= 0.3 is 12.3 Å². The standard InChI is InChI=1S/C33H36ClF3N8O5/c1-5-24-26(42-10-12-43(13-11-42)31(48)50-32(2,3)4)29(47)45-30(40-27(41-45)20-15-19-7-6-14-49-28(19)38-17-20)44(24)18-25(46)39-23-9-8-21(16-22(23)34)33(35,36)37/h8-9,15-17H,5-7,10-14,18H2,1-4H3,(H,39,46). The van der Waals surface area contributed by atoms with Crippen molar-refractivity contribution >= 4 is 40.8 Å². The molecule has 0 radical (unpaired) electrons. The average Bonchev–Trinajstić information content (AvgIpc) is 3.51. The molecule has 1 fully saturated rings. The number of hydrogen-bond donors (Lipinski definition) is 1. The van der Waals surface area contributed by atoms with Crippen LogP contribution in [0.1, 0.15) is 50.9 Å². The number of halogens is 4. The van der Waals surface area contributed by atoms with Crippen LogP contribution in [0.25, 0.3) is 17.2 Å². The van der Waals surface area contributed by atoms with Crippen molar-refractivity contribution in [2.24, 2.45) is 0 Å². The zero-order chi connectivity index (χ0) is 36.0. The first-order valence-electron chi connectivity index (χ1n) is 16.2. The normalized spacial score (nSPS) is 15.1. The lowest BCUT2D eigenvalue weighted by Crippen LogP contribution is -2.51. The molecule has 3 aromatic heterocycles. The molecule has 0 aliphatic carbocycles. The number of carbonyl (C=O) groups is 2. The zero-order valence-corrected chi connectivity index (χ0v) is 28.7. The highest BCUT2D eigenvalue weighted by atomic mass is 35.5. The van der Waals surface area contributed by atoms with Crippen molar-refractivity contribution < 1.29 is 32.2 Å². The Morgan fingerprint density at radius 3 is 2.50 bits per heavy atom. The summed E-state index contributed by atoms with van der Waals surface area (Å²) in [6, 6.07) is 4.52. The van der Waals surface area contributed by atoms with Crippen molar-refractivity contribution in [3.63, 3.8) is 0 Å². The summed E-state index contributed by atoms with van der Waals surface area (Å²) in [7, 11) is 0. The molecule has 0 bridgehead atoms. The molecule has 266 valence electrons. The quantitative estimate of drug-likeness (QED) is 0.285. The predicted octanol–water partition coefficient (Wildman–Crippen LogP) is 5.21. The fourth-order valence-electron chi connectivity index (χ4n) is 5.98. The van der Waals surface area contributed by atoms with Gasteiger partial charge in [0.1, 0.15) is 17.8 Å². The van der Waals surface area contributed by atoms with Crippen molar-refractivity contribution in [3.05, 3.63) is 62.7 Å². The van der Waals surface area contributed by atoms with Crippen molar-refractivity contribution in [2.45, 2.75) is 65.3 Å². The maximum Gasteiger partial charge on any atom is 0.416 e. The smallest absolute Gasteiger partial charge is 0.416 e. The molecule has 0 unspecified atom stereocenters. The summed E-state index contributed by atoms with van der Waals surface area (Å²) >= 11 is 6.13. The number of alkyl halides is 3. The minimum atomic E-state index is -4.61. The second-order valence-corrected chi connectivity index (χ2v) is 13.4. The topological polar surface area (TPSA) is 136 Å². The van der Waals surface area contributed by atoms with Crippen LogP contribution in [0.2, 0.25) is 5.02 Å². The van der Waals surface area contributed by atoms with Crippen LogP contribution in [-0.4, -0.2) is 79.4 Å². The summed E-state index contributed by atoms with van der Waals surface area (Å²) in [6.07, 6.45) is -1.62. The van der Waals surface area contributed by atoms with Gasteiger partial charge in [-0.15, -0.1) is 5.10 Å². The number of fused-ring (bicyclic) bond motifs is 2. The van der Waals surface area contributed by atoms with Crippen LogP contribution in [0.15, 0.2) is 35.3 Å². The molecule has 0 saturated carbocycles. The average molecular weight is 717 g/mol. The van der Waals surface area contributed by atoms with E-state index >= 15 is 0 Å². The van der Waals surface area contributed by atoms with Gasteiger partial charge in [-0.2, -0.15) is 22.7 Å². The van der Waals surface area contributed by atoms with Crippen LogP contribution >= 0.6 is 11.6 Å². The molecule has 13 nitrogen and oxygen atoms in total. The number of ether oxygens (including phenoxy) is 2. The summed E-state index contributed by atoms with van der Waals surface area (Å²) in [5, 5.41) is 6.87. The lowest BCUT2D eigenvalue weighted by Gasteiger charge is -2.37. The first kappa shape index (κ1) is 35.0. The largest absolute Gasteiger partial charge is 0.477 e. The number of nitrogens with zero attached hydrogens (tertiary/aromatic N) is 7. The molecule has 5 heterocycles. The second kappa shape index (κ2) is 13.5. The third kappa shape index (κ3) is 7.20. The lowest BCUT2D eigenvalue weighted by molar-refractivity contribution is -0.137. The molecule has 2 aliphatic rings. The Morgan fingerprint density at radius 2 is 1.84 bits per heavy atom. The van der Waals surface area contributed by atoms with Crippen molar-refractivity contribution in [1.82, 2.24) is 29.0 Å². The first-order valence-corrected chi connectivity index (χ1v) is 16.5. The van der Waals surface area contributed by atoms with Gasteiger partial charge in [0.2, 0.25) is 17.6 Å². The third-order valence-electron chi connectivity index (χ3n) is 8.29. The third-order valence-corrected chi connectivity index (χ3v) is 8.61. The van der Waals surface area contributed by atoms with Crippen LogP contribution in [0, 0.1) is 0 Å². The maximum absolute atomic E-state index is 14.2. The van der Waals surface area contributed by atoms with Crippen LogP contribution in [0.4, 0.5) is 29.3 Å². The first-order chi connectivity index (χ1) is 23.6. The Balaban J connectivity index is 1.39. The van der Waals surface area contributed by atoms with E-state index in [1.165, 1.54) is 0 Å². The number of piperazine rings is 1. The summed E-state index contributed by atoms with van der Waals surface area (Å²) < 4.78 is 53.5. The summed E-state index contributed by atoms with van der Waals surface area (Å²) in [6.45, 7) is 8.56. The Kier molecular flexibility index (Phi) is 9.41. The lowest BCUT2D eigenvalue weighted by atomic mass is 10.1. The SMILES string of the molecule is CCc1c(N2CCN(C(=O)OC(C)(C)C)CC2)c(=O)n2nc(-c3cnc4c(c3)CCCO4)nc2n1CC(=O)Nc1ccc(C(F)(F)F)cc1Cl. The van der Waals surface area contributed by atoms with Crippen LogP contribution < -0.4 is 20.5 Å². The Labute approximate surface area is 289 Å². The number of rotatable bonds is 6. The van der Waals surface area contributed by atoms with Gasteiger partial charge in [-0.05, 0) is 64.3 Å². The molecule has 1 aromatic carbocycles. The van der Waals surface area contributed by atoms with Crippen molar-refractivity contribution in [1.29, 1.82) is 0 Å². The Hall–Kier alpha value is -4.86. The van der Waals surface area contributed by atoms with E-state index in [4.69, 9.17) is 21.1 Å². The molecule has 1 N–H and O–H groups in total. The Bertz CT molecular complexity index is 2020. The molecular formula is C33H36ClF3N8O5. The Morgan fingerprint density at radius 1 is 1.10 bits per heavy atom. The highest BCUT2D eigenvalue weighted by molar-refractivity contribution is 6.33. The molecule has 1 saturated heterocycles. The van der Waals surface area contributed by atoms with E-state index in [1.54, 1.807) is 36.4 Å². The molecule has 17 heteroatoms. The molecular weight excluding hydrogens is 681 g/mol. The van der Waals surface area contributed by atoms with E-state index in [1.807, 2.05) is 17.9 Å². The number of pyridine rings is 1. The fraction of sp³-hybridized carbons (Fsp3) is 0.455. The summed E-state index contributed by atoms with van der Waals surface area (Å²) in [5.41, 5.74) is 0.116. The van der Waals surface area contributed by atoms with E-state index in [0.29, 0.717) is 43.3 Å². The number of anilines is 2. The molecule has 50 heavy (non-hydrogen) atoms. The van der Waals surface area contributed by atoms with E-state index in [0.717, 1.165) is 41.1 Å². The molecule has 6 rings (SSSR count). The van der Waals surface area contributed by atoms with Crippen LogP contribution in [0.5, 0.6) is 5.88 Å². The summed E-state index contributed by atoms with van der Waals surface area (Å²) in [5.74, 6) is 0.199. The van der Waals surface area contributed by atoms with Crippen LogP contribution in [0.3, 0.4) is 0 Å². The van der Waals surface area contributed by atoms with E-state index < -0.39 is 34.9 Å². The van der Waals surface area contributed by atoms with Gasteiger partial charge in [-0.25, -0.2) is 9.78 Å². The van der Waals surface area contributed by atoms with Gasteiger partial charge < -0.3 is 29.2 Å². The molecule has 0 atom stereocenters. The number of carbonyl (C=O) groups excluding carboxylic acids is 2. The number of benzene rings is 1. The molecule has 2 amide bonds. The van der Waals surface area contributed by atoms with Crippen molar-refractivity contribution in [3.8, 4) is 17.3 Å². The van der Waals surface area contributed by atoms with Gasteiger partial charge in [-0.3, -0.25) is 9.59 Å². The minimum absolute atomic E-state index is 0.0113. The van der Waals surface area contributed by atoms with E-state index in [2.05, 4.69) is 20.4 Å². The van der Waals surface area contributed by atoms with Crippen LogP contribution in [-0.2, 0) is 35.1 Å². The van der Waals surface area contributed by atoms with E-state index in [9.17, 15) is 27.6 Å². The molecule has 4 aromatic rings. The zero-order valence-electron chi connectivity index (χ0n) is 27.9. The number of nitrogens with one attached hydrogen (secondary N) is 1. The predicted molar refractivity (Wildman–Crippen MR) is 179 cm³/mol. The minimum Gasteiger partial charge on any atom is -0.477 e. The molecule has 0 spiro atoms. The fourth-order valence-corrected chi connectivity index (χ4v) is 6.21. The summed E-state index contributed by atoms with van der Waals surface area (Å²) in [4.78, 5) is 53.0. The van der Waals surface area contributed by atoms with Gasteiger partial charge in [0.05, 0.1) is 28.6 Å². The van der Waals surface area contributed by atoms with Gasteiger partial charge in [0, 0.05) is 43.5 Å². The van der Waals surface area contributed by atoms with Gasteiger partial charge in [0.25, 0.3) is 5.56 Å².